The van der Waals surface area contributed by atoms with Crippen molar-refractivity contribution < 1.29 is 9.21 Å². The summed E-state index contributed by atoms with van der Waals surface area (Å²) < 4.78 is 5.32. The topological polar surface area (TPSA) is 84.4 Å². The van der Waals surface area contributed by atoms with Crippen molar-refractivity contribution >= 4 is 5.91 Å². The quantitative estimate of drug-likeness (QED) is 0.654. The summed E-state index contributed by atoms with van der Waals surface area (Å²) in [6, 6.07) is -0.129. The average molecular weight is 324 g/mol. The zero-order valence-corrected chi connectivity index (χ0v) is 15.0. The van der Waals surface area contributed by atoms with Crippen LogP contribution in [-0.2, 0) is 0 Å². The summed E-state index contributed by atoms with van der Waals surface area (Å²) in [5, 5.41) is 2.97. The van der Waals surface area contributed by atoms with E-state index in [2.05, 4.69) is 36.0 Å². The molecular formula is C17H32N4O2. The Hall–Kier alpha value is -1.40. The second-order valence-electron chi connectivity index (χ2n) is 6.01. The van der Waals surface area contributed by atoms with Crippen LogP contribution in [-0.4, -0.2) is 41.5 Å². The Bertz CT molecular complexity index is 457. The standard InChI is InChI=1S/C17H32N4O2/c1-5-9-14(18)17-20-15(12-23-17)16(22)19-13(4)10-8-11-21(6-2)7-3/h12-14H,5-11,18H2,1-4H3,(H,19,22). The van der Waals surface area contributed by atoms with E-state index >= 15 is 0 Å². The normalized spacial score (nSPS) is 14.0. The van der Waals surface area contributed by atoms with E-state index in [-0.39, 0.29) is 18.0 Å². The minimum Gasteiger partial charge on any atom is -0.446 e. The number of carbonyl (C=O) groups excluding carboxylic acids is 1. The lowest BCUT2D eigenvalue weighted by atomic mass is 10.1. The number of amides is 1. The smallest absolute Gasteiger partial charge is 0.273 e. The molecule has 1 heterocycles. The van der Waals surface area contributed by atoms with E-state index in [1.54, 1.807) is 0 Å². The van der Waals surface area contributed by atoms with Gasteiger partial charge in [0.15, 0.2) is 5.69 Å². The van der Waals surface area contributed by atoms with E-state index in [1.807, 2.05) is 6.92 Å². The summed E-state index contributed by atoms with van der Waals surface area (Å²) in [6.07, 6.45) is 5.15. The fourth-order valence-electron chi connectivity index (χ4n) is 2.53. The third kappa shape index (κ3) is 6.71. The lowest BCUT2D eigenvalue weighted by Crippen LogP contribution is -2.34. The van der Waals surface area contributed by atoms with Gasteiger partial charge in [-0.2, -0.15) is 0 Å². The minimum atomic E-state index is -0.243. The third-order valence-corrected chi connectivity index (χ3v) is 4.05. The van der Waals surface area contributed by atoms with Gasteiger partial charge in [-0.3, -0.25) is 4.79 Å². The first-order valence-electron chi connectivity index (χ1n) is 8.75. The highest BCUT2D eigenvalue weighted by molar-refractivity contribution is 5.92. The van der Waals surface area contributed by atoms with Gasteiger partial charge < -0.3 is 20.4 Å². The molecule has 0 spiro atoms. The Kier molecular flexibility index (Phi) is 8.87. The number of hydrogen-bond donors (Lipinski definition) is 2. The fraction of sp³-hybridized carbons (Fsp3) is 0.765. The molecule has 0 radical (unpaired) electrons. The predicted octanol–water partition coefficient (Wildman–Crippen LogP) is 2.71. The highest BCUT2D eigenvalue weighted by Gasteiger charge is 2.17. The van der Waals surface area contributed by atoms with E-state index in [0.717, 1.165) is 45.3 Å². The molecule has 6 heteroatoms. The highest BCUT2D eigenvalue weighted by Crippen LogP contribution is 2.15. The van der Waals surface area contributed by atoms with Crippen molar-refractivity contribution in [2.24, 2.45) is 5.73 Å². The van der Waals surface area contributed by atoms with Gasteiger partial charge in [0.2, 0.25) is 5.89 Å². The largest absolute Gasteiger partial charge is 0.446 e. The Morgan fingerprint density at radius 3 is 2.65 bits per heavy atom. The van der Waals surface area contributed by atoms with Crippen LogP contribution in [0.5, 0.6) is 0 Å². The maximum atomic E-state index is 12.2. The Morgan fingerprint density at radius 1 is 1.35 bits per heavy atom. The van der Waals surface area contributed by atoms with Crippen LogP contribution in [0.25, 0.3) is 0 Å². The second-order valence-corrected chi connectivity index (χ2v) is 6.01. The first kappa shape index (κ1) is 19.6. The number of hydrogen-bond acceptors (Lipinski definition) is 5. The van der Waals surface area contributed by atoms with E-state index < -0.39 is 0 Å². The molecule has 2 atom stereocenters. The van der Waals surface area contributed by atoms with Crippen molar-refractivity contribution in [1.29, 1.82) is 0 Å². The van der Waals surface area contributed by atoms with Crippen molar-refractivity contribution in [2.75, 3.05) is 19.6 Å². The molecule has 2 unspecified atom stereocenters. The summed E-state index contributed by atoms with van der Waals surface area (Å²) >= 11 is 0. The minimum absolute atomic E-state index is 0.113. The van der Waals surface area contributed by atoms with Gasteiger partial charge in [0.1, 0.15) is 6.26 Å². The molecule has 3 N–H and O–H groups in total. The Labute approximate surface area is 139 Å². The van der Waals surface area contributed by atoms with Crippen molar-refractivity contribution in [3.8, 4) is 0 Å². The molecule has 0 fully saturated rings. The van der Waals surface area contributed by atoms with Crippen molar-refractivity contribution in [3.63, 3.8) is 0 Å². The molecule has 1 rings (SSSR count). The van der Waals surface area contributed by atoms with Gasteiger partial charge >= 0.3 is 0 Å². The number of oxazole rings is 1. The van der Waals surface area contributed by atoms with Crippen molar-refractivity contribution in [3.05, 3.63) is 17.8 Å². The summed E-state index contributed by atoms with van der Waals surface area (Å²) in [7, 11) is 0. The molecule has 0 aliphatic heterocycles. The third-order valence-electron chi connectivity index (χ3n) is 4.05. The van der Waals surface area contributed by atoms with E-state index in [1.165, 1.54) is 6.26 Å². The molecule has 0 aliphatic carbocycles. The van der Waals surface area contributed by atoms with Crippen LogP contribution >= 0.6 is 0 Å². The maximum absolute atomic E-state index is 12.2. The summed E-state index contributed by atoms with van der Waals surface area (Å²) in [5.74, 6) is 0.241. The van der Waals surface area contributed by atoms with Gasteiger partial charge in [-0.05, 0) is 45.8 Å². The van der Waals surface area contributed by atoms with Gasteiger partial charge in [-0.1, -0.05) is 27.2 Å². The first-order valence-corrected chi connectivity index (χ1v) is 8.75. The number of aromatic nitrogens is 1. The molecule has 0 saturated heterocycles. The number of nitrogens with one attached hydrogen (secondary N) is 1. The van der Waals surface area contributed by atoms with Crippen LogP contribution in [0.4, 0.5) is 0 Å². The number of nitrogens with zero attached hydrogens (tertiary/aromatic N) is 2. The zero-order valence-electron chi connectivity index (χ0n) is 15.0. The lowest BCUT2D eigenvalue weighted by Gasteiger charge is -2.19. The Balaban J connectivity index is 2.40. The van der Waals surface area contributed by atoms with Crippen molar-refractivity contribution in [2.45, 2.75) is 65.5 Å². The predicted molar refractivity (Wildman–Crippen MR) is 92.3 cm³/mol. The van der Waals surface area contributed by atoms with Crippen LogP contribution < -0.4 is 11.1 Å². The van der Waals surface area contributed by atoms with Crippen LogP contribution in [0.2, 0.25) is 0 Å². The molecule has 0 bridgehead atoms. The van der Waals surface area contributed by atoms with E-state index in [0.29, 0.717) is 11.6 Å². The summed E-state index contributed by atoms with van der Waals surface area (Å²) in [5.41, 5.74) is 6.26. The van der Waals surface area contributed by atoms with Crippen LogP contribution in [0, 0.1) is 0 Å². The zero-order chi connectivity index (χ0) is 17.2. The molecule has 23 heavy (non-hydrogen) atoms. The summed E-state index contributed by atoms with van der Waals surface area (Å²) in [6.45, 7) is 11.6. The molecular weight excluding hydrogens is 292 g/mol. The molecule has 132 valence electrons. The van der Waals surface area contributed by atoms with Gasteiger partial charge in [0, 0.05) is 6.04 Å². The van der Waals surface area contributed by atoms with Crippen molar-refractivity contribution in [1.82, 2.24) is 15.2 Å². The van der Waals surface area contributed by atoms with E-state index in [9.17, 15) is 4.79 Å². The van der Waals surface area contributed by atoms with Gasteiger partial charge in [-0.15, -0.1) is 0 Å². The van der Waals surface area contributed by atoms with Crippen LogP contribution in [0.3, 0.4) is 0 Å². The number of carbonyl (C=O) groups is 1. The number of nitrogens with two attached hydrogens (primary N) is 1. The average Bonchev–Trinajstić information content (AvgIpc) is 3.02. The highest BCUT2D eigenvalue weighted by atomic mass is 16.3. The molecule has 0 saturated carbocycles. The Morgan fingerprint density at radius 2 is 2.04 bits per heavy atom. The number of rotatable bonds is 11. The second kappa shape index (κ2) is 10.4. The van der Waals surface area contributed by atoms with Gasteiger partial charge in [-0.25, -0.2) is 4.98 Å². The van der Waals surface area contributed by atoms with Crippen LogP contribution in [0.15, 0.2) is 10.7 Å². The fourth-order valence-corrected chi connectivity index (χ4v) is 2.53. The summed E-state index contributed by atoms with van der Waals surface area (Å²) in [4.78, 5) is 18.8. The molecule has 1 aromatic heterocycles. The maximum Gasteiger partial charge on any atom is 0.273 e. The SMILES string of the molecule is CCCC(N)c1nc(C(=O)NC(C)CCCN(CC)CC)co1. The molecule has 1 amide bonds. The molecule has 0 aliphatic rings. The molecule has 0 aromatic carbocycles. The first-order chi connectivity index (χ1) is 11.0. The monoisotopic (exact) mass is 324 g/mol. The van der Waals surface area contributed by atoms with Crippen LogP contribution in [0.1, 0.15) is 75.8 Å². The van der Waals surface area contributed by atoms with E-state index in [4.69, 9.17) is 10.2 Å². The molecule has 1 aromatic rings. The van der Waals surface area contributed by atoms with Gasteiger partial charge in [0.25, 0.3) is 5.91 Å². The lowest BCUT2D eigenvalue weighted by molar-refractivity contribution is 0.0932. The van der Waals surface area contributed by atoms with Gasteiger partial charge in [0.05, 0.1) is 6.04 Å². The molecule has 6 nitrogen and oxygen atoms in total.